The second-order valence-corrected chi connectivity index (χ2v) is 11.7. The van der Waals surface area contributed by atoms with E-state index in [1.165, 1.54) is 41.3 Å². The number of rotatable bonds is 12. The highest BCUT2D eigenvalue weighted by atomic mass is 32.2. The fourth-order valence-electron chi connectivity index (χ4n) is 4.11. The van der Waals surface area contributed by atoms with Gasteiger partial charge in [0.2, 0.25) is 10.0 Å². The van der Waals surface area contributed by atoms with Crippen LogP contribution in [0, 0.1) is 0 Å². The number of unbranched alkanes of at least 4 members (excludes halogenated alkanes) is 4. The summed E-state index contributed by atoms with van der Waals surface area (Å²) in [6.07, 6.45) is 7.75. The molecule has 1 saturated heterocycles. The standard InChI is InChI=1S/C27H33N3O4S2/c1-2-3-4-5-8-19-34-23-13-9-22(10-14-23)26(31)29-27-28-25(20-35-27)21-11-15-24(16-12-21)36(32,33)30-17-6-7-18-30/h9-16,20H,2-8,17-19H2,1H3,(H,28,29,31). The number of anilines is 1. The van der Waals surface area contributed by atoms with Crippen molar-refractivity contribution in [2.75, 3.05) is 25.0 Å². The lowest BCUT2D eigenvalue weighted by Crippen LogP contribution is -2.27. The highest BCUT2D eigenvalue weighted by Gasteiger charge is 2.27. The lowest BCUT2D eigenvalue weighted by molar-refractivity contribution is 0.102. The molecular weight excluding hydrogens is 494 g/mol. The van der Waals surface area contributed by atoms with Crippen LogP contribution in [0.5, 0.6) is 5.75 Å². The van der Waals surface area contributed by atoms with Crippen molar-refractivity contribution < 1.29 is 17.9 Å². The summed E-state index contributed by atoms with van der Waals surface area (Å²) in [4.78, 5) is 17.5. The number of nitrogens with zero attached hydrogens (tertiary/aromatic N) is 2. The number of sulfonamides is 1. The molecule has 0 atom stereocenters. The monoisotopic (exact) mass is 527 g/mol. The number of thiazole rings is 1. The Hall–Kier alpha value is -2.75. The Kier molecular flexibility index (Phi) is 9.12. The zero-order valence-corrected chi connectivity index (χ0v) is 22.2. The SMILES string of the molecule is CCCCCCCOc1ccc(C(=O)Nc2nc(-c3ccc(S(=O)(=O)N4CCCC4)cc3)cs2)cc1. The van der Waals surface area contributed by atoms with E-state index < -0.39 is 10.0 Å². The first-order chi connectivity index (χ1) is 17.5. The van der Waals surface area contributed by atoms with E-state index in [2.05, 4.69) is 17.2 Å². The molecule has 1 aromatic heterocycles. The third-order valence-corrected chi connectivity index (χ3v) is 8.88. The van der Waals surface area contributed by atoms with Crippen molar-refractivity contribution in [3.63, 3.8) is 0 Å². The first kappa shape index (κ1) is 26.3. The Morgan fingerprint density at radius 1 is 1.00 bits per heavy atom. The van der Waals surface area contributed by atoms with Crippen LogP contribution in [0.1, 0.15) is 62.2 Å². The third-order valence-electron chi connectivity index (χ3n) is 6.21. The van der Waals surface area contributed by atoms with Crippen molar-refractivity contribution in [2.24, 2.45) is 0 Å². The number of hydrogen-bond donors (Lipinski definition) is 1. The summed E-state index contributed by atoms with van der Waals surface area (Å²) < 4.78 is 32.7. The van der Waals surface area contributed by atoms with Gasteiger partial charge in [-0.05, 0) is 55.7 Å². The molecule has 0 radical (unpaired) electrons. The Morgan fingerprint density at radius 3 is 2.39 bits per heavy atom. The fourth-order valence-corrected chi connectivity index (χ4v) is 6.34. The Bertz CT molecular complexity index is 1230. The molecule has 9 heteroatoms. The smallest absolute Gasteiger partial charge is 0.257 e. The predicted octanol–water partition coefficient (Wildman–Crippen LogP) is 6.20. The van der Waals surface area contributed by atoms with E-state index >= 15 is 0 Å². The van der Waals surface area contributed by atoms with E-state index in [0.717, 1.165) is 30.6 Å². The molecule has 1 aliphatic heterocycles. The maximum Gasteiger partial charge on any atom is 0.257 e. The average Bonchev–Trinajstić information content (AvgIpc) is 3.60. The van der Waals surface area contributed by atoms with Gasteiger partial charge in [-0.25, -0.2) is 13.4 Å². The predicted molar refractivity (Wildman–Crippen MR) is 144 cm³/mol. The van der Waals surface area contributed by atoms with Crippen molar-refractivity contribution in [1.29, 1.82) is 0 Å². The molecule has 3 aromatic rings. The quantitative estimate of drug-likeness (QED) is 0.284. The summed E-state index contributed by atoms with van der Waals surface area (Å²) in [6.45, 7) is 4.04. The zero-order chi connectivity index (χ0) is 25.4. The molecule has 2 heterocycles. The summed E-state index contributed by atoms with van der Waals surface area (Å²) in [5.41, 5.74) is 2.00. The molecule has 7 nitrogen and oxygen atoms in total. The molecule has 0 aliphatic carbocycles. The first-order valence-corrected chi connectivity index (χ1v) is 14.9. The Balaban J connectivity index is 1.31. The molecule has 1 N–H and O–H groups in total. The number of ether oxygens (including phenoxy) is 1. The third kappa shape index (κ3) is 6.72. The van der Waals surface area contributed by atoms with Gasteiger partial charge in [0.1, 0.15) is 5.75 Å². The average molecular weight is 528 g/mol. The molecule has 1 fully saturated rings. The van der Waals surface area contributed by atoms with E-state index in [4.69, 9.17) is 4.74 Å². The second kappa shape index (κ2) is 12.5. The van der Waals surface area contributed by atoms with Gasteiger partial charge in [-0.3, -0.25) is 10.1 Å². The summed E-state index contributed by atoms with van der Waals surface area (Å²) in [5.74, 6) is 0.517. The van der Waals surface area contributed by atoms with Crippen molar-refractivity contribution in [2.45, 2.75) is 56.8 Å². The Labute approximate surface area is 217 Å². The van der Waals surface area contributed by atoms with Gasteiger partial charge in [-0.15, -0.1) is 11.3 Å². The van der Waals surface area contributed by atoms with Crippen LogP contribution in [0.4, 0.5) is 5.13 Å². The van der Waals surface area contributed by atoms with Gasteiger partial charge in [-0.1, -0.05) is 44.7 Å². The van der Waals surface area contributed by atoms with Gasteiger partial charge in [0.05, 0.1) is 17.2 Å². The zero-order valence-electron chi connectivity index (χ0n) is 20.6. The van der Waals surface area contributed by atoms with Crippen molar-refractivity contribution in [3.05, 3.63) is 59.5 Å². The lowest BCUT2D eigenvalue weighted by Gasteiger charge is -2.15. The molecule has 1 amide bonds. The van der Waals surface area contributed by atoms with E-state index in [9.17, 15) is 13.2 Å². The number of carbonyl (C=O) groups is 1. The summed E-state index contributed by atoms with van der Waals surface area (Å²) >= 11 is 1.33. The van der Waals surface area contributed by atoms with Crippen LogP contribution in [0.2, 0.25) is 0 Å². The maximum atomic E-state index is 12.7. The van der Waals surface area contributed by atoms with Gasteiger partial charge < -0.3 is 4.74 Å². The number of carbonyl (C=O) groups excluding carboxylic acids is 1. The van der Waals surface area contributed by atoms with Gasteiger partial charge in [0.25, 0.3) is 5.91 Å². The van der Waals surface area contributed by atoms with Crippen LogP contribution < -0.4 is 10.1 Å². The molecule has 1 aliphatic rings. The van der Waals surface area contributed by atoms with Crippen molar-refractivity contribution in [1.82, 2.24) is 9.29 Å². The van der Waals surface area contributed by atoms with E-state index in [1.54, 1.807) is 36.4 Å². The molecular formula is C27H33N3O4S2. The van der Waals surface area contributed by atoms with Crippen LogP contribution in [0.25, 0.3) is 11.3 Å². The van der Waals surface area contributed by atoms with Crippen LogP contribution >= 0.6 is 11.3 Å². The number of amides is 1. The van der Waals surface area contributed by atoms with Crippen LogP contribution in [0.3, 0.4) is 0 Å². The Morgan fingerprint density at radius 2 is 1.69 bits per heavy atom. The summed E-state index contributed by atoms with van der Waals surface area (Å²) in [6, 6.07) is 13.9. The van der Waals surface area contributed by atoms with Crippen molar-refractivity contribution >= 4 is 32.4 Å². The minimum absolute atomic E-state index is 0.242. The first-order valence-electron chi connectivity index (χ1n) is 12.6. The van der Waals surface area contributed by atoms with E-state index in [-0.39, 0.29) is 5.91 Å². The molecule has 36 heavy (non-hydrogen) atoms. The summed E-state index contributed by atoms with van der Waals surface area (Å²) in [5, 5.41) is 5.16. The van der Waals surface area contributed by atoms with Crippen molar-refractivity contribution in [3.8, 4) is 17.0 Å². The molecule has 2 aromatic carbocycles. The minimum Gasteiger partial charge on any atom is -0.494 e. The summed E-state index contributed by atoms with van der Waals surface area (Å²) in [7, 11) is -3.44. The topological polar surface area (TPSA) is 88.6 Å². The highest BCUT2D eigenvalue weighted by molar-refractivity contribution is 7.89. The number of benzene rings is 2. The highest BCUT2D eigenvalue weighted by Crippen LogP contribution is 2.28. The minimum atomic E-state index is -3.44. The maximum absolute atomic E-state index is 12.7. The fraction of sp³-hybridized carbons (Fsp3) is 0.407. The molecule has 0 spiro atoms. The van der Waals surface area contributed by atoms with Gasteiger partial charge in [0, 0.05) is 29.6 Å². The van der Waals surface area contributed by atoms with Gasteiger partial charge >= 0.3 is 0 Å². The normalized spacial score (nSPS) is 14.1. The van der Waals surface area contributed by atoms with E-state index in [0.29, 0.717) is 41.0 Å². The van der Waals surface area contributed by atoms with Gasteiger partial charge in [0.15, 0.2) is 5.13 Å². The number of aromatic nitrogens is 1. The van der Waals surface area contributed by atoms with Gasteiger partial charge in [-0.2, -0.15) is 4.31 Å². The molecule has 4 rings (SSSR count). The molecule has 192 valence electrons. The molecule has 0 unspecified atom stereocenters. The number of nitrogens with one attached hydrogen (secondary N) is 1. The molecule has 0 bridgehead atoms. The van der Waals surface area contributed by atoms with Crippen LogP contribution in [-0.4, -0.2) is 43.3 Å². The second-order valence-electron chi connectivity index (χ2n) is 8.91. The van der Waals surface area contributed by atoms with E-state index in [1.807, 2.05) is 17.5 Å². The molecule has 0 saturated carbocycles. The lowest BCUT2D eigenvalue weighted by atomic mass is 10.2. The van der Waals surface area contributed by atoms with Crippen LogP contribution in [0.15, 0.2) is 58.8 Å². The number of hydrogen-bond acceptors (Lipinski definition) is 6. The van der Waals surface area contributed by atoms with Crippen LogP contribution in [-0.2, 0) is 10.0 Å². The largest absolute Gasteiger partial charge is 0.494 e.